The van der Waals surface area contributed by atoms with Gasteiger partial charge in [-0.2, -0.15) is 0 Å². The predicted molar refractivity (Wildman–Crippen MR) is 72.4 cm³/mol. The molecule has 0 saturated carbocycles. The number of rotatable bonds is 7. The first-order valence-electron chi connectivity index (χ1n) is 6.58. The third-order valence-electron chi connectivity index (χ3n) is 2.75. The van der Waals surface area contributed by atoms with Crippen molar-refractivity contribution in [2.75, 3.05) is 13.2 Å². The summed E-state index contributed by atoms with van der Waals surface area (Å²) in [6.45, 7) is 6.12. The number of esters is 1. The average molecular weight is 264 g/mol. The van der Waals surface area contributed by atoms with Crippen LogP contribution in [0.5, 0.6) is 5.75 Å². The maximum atomic E-state index is 12.4. The van der Waals surface area contributed by atoms with E-state index < -0.39 is 11.9 Å². The highest BCUT2D eigenvalue weighted by molar-refractivity contribution is 6.10. The molecule has 0 amide bonds. The molecule has 4 nitrogen and oxygen atoms in total. The Morgan fingerprint density at radius 2 is 1.79 bits per heavy atom. The van der Waals surface area contributed by atoms with Gasteiger partial charge in [-0.3, -0.25) is 9.59 Å². The minimum absolute atomic E-state index is 0.245. The molecule has 4 heteroatoms. The Hall–Kier alpha value is -1.84. The van der Waals surface area contributed by atoms with E-state index in [9.17, 15) is 9.59 Å². The third kappa shape index (κ3) is 3.81. The third-order valence-corrected chi connectivity index (χ3v) is 2.75. The highest BCUT2D eigenvalue weighted by Crippen LogP contribution is 2.23. The molecule has 0 saturated heterocycles. The summed E-state index contributed by atoms with van der Waals surface area (Å²) < 4.78 is 10.4. The van der Waals surface area contributed by atoms with E-state index in [1.165, 1.54) is 0 Å². The monoisotopic (exact) mass is 264 g/mol. The van der Waals surface area contributed by atoms with Crippen LogP contribution in [-0.2, 0) is 9.53 Å². The van der Waals surface area contributed by atoms with Crippen molar-refractivity contribution in [1.82, 2.24) is 0 Å². The molecule has 0 aliphatic heterocycles. The second kappa shape index (κ2) is 7.56. The Labute approximate surface area is 113 Å². The summed E-state index contributed by atoms with van der Waals surface area (Å²) >= 11 is 0. The summed E-state index contributed by atoms with van der Waals surface area (Å²) in [5.41, 5.74) is 0.434. The molecule has 1 atom stereocenters. The quantitative estimate of drug-likeness (QED) is 0.431. The largest absolute Gasteiger partial charge is 0.493 e. The maximum absolute atomic E-state index is 12.4. The second-order valence-electron chi connectivity index (χ2n) is 4.01. The van der Waals surface area contributed by atoms with E-state index in [1.54, 1.807) is 38.1 Å². The van der Waals surface area contributed by atoms with Crippen LogP contribution in [0.2, 0.25) is 0 Å². The van der Waals surface area contributed by atoms with E-state index in [0.717, 1.165) is 0 Å². The molecular formula is C15H20O4. The fourth-order valence-electron chi connectivity index (χ4n) is 1.84. The number of ketones is 1. The van der Waals surface area contributed by atoms with Crippen molar-refractivity contribution in [3.8, 4) is 5.75 Å². The number of carbonyl (C=O) groups is 2. The highest BCUT2D eigenvalue weighted by atomic mass is 16.5. The van der Waals surface area contributed by atoms with Gasteiger partial charge in [0.25, 0.3) is 0 Å². The van der Waals surface area contributed by atoms with E-state index in [-0.39, 0.29) is 12.4 Å². The molecule has 1 unspecified atom stereocenters. The number of hydrogen-bond donors (Lipinski definition) is 0. The van der Waals surface area contributed by atoms with Crippen molar-refractivity contribution in [3.05, 3.63) is 29.8 Å². The Morgan fingerprint density at radius 3 is 2.37 bits per heavy atom. The van der Waals surface area contributed by atoms with Gasteiger partial charge in [-0.05, 0) is 32.4 Å². The zero-order chi connectivity index (χ0) is 14.3. The first kappa shape index (κ1) is 15.2. The molecule has 0 radical (unpaired) electrons. The summed E-state index contributed by atoms with van der Waals surface area (Å²) in [6.07, 6.45) is 0.415. The Bertz CT molecular complexity index is 440. The van der Waals surface area contributed by atoms with Crippen LogP contribution in [0.15, 0.2) is 24.3 Å². The zero-order valence-electron chi connectivity index (χ0n) is 11.6. The molecule has 0 aromatic heterocycles. The van der Waals surface area contributed by atoms with Gasteiger partial charge in [-0.15, -0.1) is 0 Å². The maximum Gasteiger partial charge on any atom is 0.316 e. The van der Waals surface area contributed by atoms with Gasteiger partial charge in [0.2, 0.25) is 0 Å². The van der Waals surface area contributed by atoms with Crippen LogP contribution < -0.4 is 4.74 Å². The molecular weight excluding hydrogens is 244 g/mol. The van der Waals surface area contributed by atoms with Crippen LogP contribution in [0.25, 0.3) is 0 Å². The SMILES string of the molecule is CCOC(=O)C(CC)C(=O)c1ccccc1OCC. The lowest BCUT2D eigenvalue weighted by atomic mass is 9.95. The molecule has 1 aromatic rings. The smallest absolute Gasteiger partial charge is 0.316 e. The average Bonchev–Trinajstić information content (AvgIpc) is 2.40. The van der Waals surface area contributed by atoms with Crippen LogP contribution in [-0.4, -0.2) is 25.0 Å². The highest BCUT2D eigenvalue weighted by Gasteiger charge is 2.28. The standard InChI is InChI=1S/C15H20O4/c1-4-11(15(17)19-6-3)14(16)12-9-7-8-10-13(12)18-5-2/h7-11H,4-6H2,1-3H3. The number of para-hydroxylation sites is 1. The van der Waals surface area contributed by atoms with Gasteiger partial charge >= 0.3 is 5.97 Å². The summed E-state index contributed by atoms with van der Waals surface area (Å²) in [4.78, 5) is 24.2. The van der Waals surface area contributed by atoms with E-state index >= 15 is 0 Å². The Kier molecular flexibility index (Phi) is 6.06. The van der Waals surface area contributed by atoms with Crippen LogP contribution in [0.4, 0.5) is 0 Å². The molecule has 0 heterocycles. The fourth-order valence-corrected chi connectivity index (χ4v) is 1.84. The summed E-state index contributed by atoms with van der Waals surface area (Å²) in [6, 6.07) is 6.96. The van der Waals surface area contributed by atoms with E-state index in [2.05, 4.69) is 0 Å². The molecule has 0 aliphatic rings. The lowest BCUT2D eigenvalue weighted by Crippen LogP contribution is -2.26. The summed E-state index contributed by atoms with van der Waals surface area (Å²) in [5, 5.41) is 0. The van der Waals surface area contributed by atoms with Gasteiger partial charge in [0.1, 0.15) is 11.7 Å². The molecule has 0 N–H and O–H groups in total. The number of hydrogen-bond acceptors (Lipinski definition) is 4. The number of ether oxygens (including phenoxy) is 2. The molecule has 0 spiro atoms. The van der Waals surface area contributed by atoms with E-state index in [1.807, 2.05) is 6.92 Å². The minimum Gasteiger partial charge on any atom is -0.493 e. The lowest BCUT2D eigenvalue weighted by Gasteiger charge is -2.15. The molecule has 0 fully saturated rings. The van der Waals surface area contributed by atoms with Crippen molar-refractivity contribution in [3.63, 3.8) is 0 Å². The molecule has 0 bridgehead atoms. The van der Waals surface area contributed by atoms with Gasteiger partial charge in [0, 0.05) is 0 Å². The predicted octanol–water partition coefficient (Wildman–Crippen LogP) is 2.86. The number of carbonyl (C=O) groups excluding carboxylic acids is 2. The molecule has 104 valence electrons. The second-order valence-corrected chi connectivity index (χ2v) is 4.01. The van der Waals surface area contributed by atoms with Crippen molar-refractivity contribution < 1.29 is 19.1 Å². The normalized spacial score (nSPS) is 11.7. The minimum atomic E-state index is -0.762. The summed E-state index contributed by atoms with van der Waals surface area (Å²) in [5.74, 6) is -0.967. The van der Waals surface area contributed by atoms with Crippen molar-refractivity contribution in [2.45, 2.75) is 27.2 Å². The van der Waals surface area contributed by atoms with Gasteiger partial charge in [-0.25, -0.2) is 0 Å². The molecule has 0 aliphatic carbocycles. The van der Waals surface area contributed by atoms with Gasteiger partial charge in [0.05, 0.1) is 18.8 Å². The van der Waals surface area contributed by atoms with Crippen LogP contribution in [0.3, 0.4) is 0 Å². The van der Waals surface area contributed by atoms with Gasteiger partial charge in [-0.1, -0.05) is 19.1 Å². The lowest BCUT2D eigenvalue weighted by molar-refractivity contribution is -0.146. The molecule has 19 heavy (non-hydrogen) atoms. The topological polar surface area (TPSA) is 52.6 Å². The van der Waals surface area contributed by atoms with Gasteiger partial charge in [0.15, 0.2) is 5.78 Å². The van der Waals surface area contributed by atoms with E-state index in [0.29, 0.717) is 24.3 Å². The molecule has 1 aromatic carbocycles. The number of Topliss-reactive ketones (excluding diaryl/α,β-unsaturated/α-hetero) is 1. The van der Waals surface area contributed by atoms with E-state index in [4.69, 9.17) is 9.47 Å². The first-order chi connectivity index (χ1) is 9.15. The van der Waals surface area contributed by atoms with Crippen LogP contribution >= 0.6 is 0 Å². The first-order valence-corrected chi connectivity index (χ1v) is 6.58. The number of benzene rings is 1. The molecule has 1 rings (SSSR count). The van der Waals surface area contributed by atoms with Crippen molar-refractivity contribution in [2.24, 2.45) is 5.92 Å². The van der Waals surface area contributed by atoms with Crippen molar-refractivity contribution >= 4 is 11.8 Å². The zero-order valence-corrected chi connectivity index (χ0v) is 11.6. The van der Waals surface area contributed by atoms with Gasteiger partial charge < -0.3 is 9.47 Å². The fraction of sp³-hybridized carbons (Fsp3) is 0.467. The van der Waals surface area contributed by atoms with Crippen LogP contribution in [0, 0.1) is 5.92 Å². The Morgan fingerprint density at radius 1 is 1.11 bits per heavy atom. The summed E-state index contributed by atoms with van der Waals surface area (Å²) in [7, 11) is 0. The van der Waals surface area contributed by atoms with Crippen molar-refractivity contribution in [1.29, 1.82) is 0 Å². The van der Waals surface area contributed by atoms with Crippen LogP contribution in [0.1, 0.15) is 37.6 Å². The Balaban J connectivity index is 3.00.